The first-order chi connectivity index (χ1) is 9.70. The lowest BCUT2D eigenvalue weighted by molar-refractivity contribution is -0.126. The Bertz CT molecular complexity index is 531. The Morgan fingerprint density at radius 3 is 2.90 bits per heavy atom. The van der Waals surface area contributed by atoms with Crippen molar-refractivity contribution in [2.24, 2.45) is 0 Å². The van der Waals surface area contributed by atoms with E-state index in [1.165, 1.54) is 0 Å². The Balaban J connectivity index is 1.87. The summed E-state index contributed by atoms with van der Waals surface area (Å²) in [7, 11) is 1.59. The van der Waals surface area contributed by atoms with E-state index in [-0.39, 0.29) is 18.6 Å². The molecule has 1 amide bonds. The van der Waals surface area contributed by atoms with E-state index in [4.69, 9.17) is 13.9 Å². The molecule has 0 saturated heterocycles. The first-order valence-electron chi connectivity index (χ1n) is 6.55. The zero-order valence-electron chi connectivity index (χ0n) is 11.7. The fourth-order valence-corrected chi connectivity index (χ4v) is 1.88. The molecule has 0 aliphatic heterocycles. The lowest BCUT2D eigenvalue weighted by atomic mass is 10.2. The van der Waals surface area contributed by atoms with Gasteiger partial charge in [0.1, 0.15) is 18.0 Å². The molecule has 0 bridgehead atoms. The smallest absolute Gasteiger partial charge is 0.246 e. The zero-order valence-corrected chi connectivity index (χ0v) is 11.7. The SMILES string of the molecule is COCCOCC(=O)N[C@@H](C)c1cc2ccccc2o1. The molecule has 5 heteroatoms. The van der Waals surface area contributed by atoms with Gasteiger partial charge in [-0.2, -0.15) is 0 Å². The minimum atomic E-state index is -0.194. The molecule has 1 heterocycles. The molecule has 1 aromatic heterocycles. The Morgan fingerprint density at radius 2 is 2.15 bits per heavy atom. The molecular weight excluding hydrogens is 258 g/mol. The van der Waals surface area contributed by atoms with Crippen LogP contribution in [0.5, 0.6) is 0 Å². The van der Waals surface area contributed by atoms with Crippen molar-refractivity contribution in [3.8, 4) is 0 Å². The number of rotatable bonds is 7. The second-order valence-electron chi connectivity index (χ2n) is 4.52. The van der Waals surface area contributed by atoms with Crippen LogP contribution < -0.4 is 5.32 Å². The number of benzene rings is 1. The third-order valence-electron chi connectivity index (χ3n) is 2.91. The molecular formula is C15H19NO4. The number of amides is 1. The van der Waals surface area contributed by atoms with Gasteiger partial charge in [-0.1, -0.05) is 18.2 Å². The van der Waals surface area contributed by atoms with Crippen molar-refractivity contribution < 1.29 is 18.7 Å². The summed E-state index contributed by atoms with van der Waals surface area (Å²) in [6.07, 6.45) is 0. The molecule has 1 N–H and O–H groups in total. The van der Waals surface area contributed by atoms with Crippen LogP contribution in [0.3, 0.4) is 0 Å². The number of hydrogen-bond acceptors (Lipinski definition) is 4. The highest BCUT2D eigenvalue weighted by atomic mass is 16.5. The minimum Gasteiger partial charge on any atom is -0.459 e. The van der Waals surface area contributed by atoms with Crippen molar-refractivity contribution in [1.29, 1.82) is 0 Å². The average Bonchev–Trinajstić information content (AvgIpc) is 2.87. The van der Waals surface area contributed by atoms with Gasteiger partial charge in [0.05, 0.1) is 19.3 Å². The molecule has 1 aromatic carbocycles. The molecule has 1 atom stereocenters. The molecule has 0 aliphatic rings. The largest absolute Gasteiger partial charge is 0.459 e. The van der Waals surface area contributed by atoms with E-state index in [1.807, 2.05) is 37.3 Å². The lowest BCUT2D eigenvalue weighted by Gasteiger charge is -2.11. The van der Waals surface area contributed by atoms with E-state index >= 15 is 0 Å². The van der Waals surface area contributed by atoms with Gasteiger partial charge in [0, 0.05) is 12.5 Å². The van der Waals surface area contributed by atoms with Crippen LogP contribution in [0.15, 0.2) is 34.7 Å². The number of furan rings is 1. The Morgan fingerprint density at radius 1 is 1.35 bits per heavy atom. The molecule has 0 spiro atoms. The van der Waals surface area contributed by atoms with Gasteiger partial charge in [-0.25, -0.2) is 0 Å². The monoisotopic (exact) mass is 277 g/mol. The molecule has 0 radical (unpaired) electrons. The van der Waals surface area contributed by atoms with Gasteiger partial charge < -0.3 is 19.2 Å². The Kier molecular flexibility index (Phi) is 5.15. The summed E-state index contributed by atoms with van der Waals surface area (Å²) in [6.45, 7) is 2.79. The van der Waals surface area contributed by atoms with Crippen LogP contribution in [0.2, 0.25) is 0 Å². The van der Waals surface area contributed by atoms with Crippen molar-refractivity contribution >= 4 is 16.9 Å². The van der Waals surface area contributed by atoms with Gasteiger partial charge >= 0.3 is 0 Å². The average molecular weight is 277 g/mol. The number of methoxy groups -OCH3 is 1. The molecule has 0 unspecified atom stereocenters. The van der Waals surface area contributed by atoms with Gasteiger partial charge in [-0.3, -0.25) is 4.79 Å². The van der Waals surface area contributed by atoms with Crippen molar-refractivity contribution in [2.75, 3.05) is 26.9 Å². The van der Waals surface area contributed by atoms with Crippen molar-refractivity contribution in [1.82, 2.24) is 5.32 Å². The van der Waals surface area contributed by atoms with Gasteiger partial charge in [0.15, 0.2) is 0 Å². The highest BCUT2D eigenvalue weighted by Crippen LogP contribution is 2.23. The third kappa shape index (κ3) is 3.82. The minimum absolute atomic E-state index is 0.0218. The molecule has 0 aliphatic carbocycles. The normalized spacial score (nSPS) is 12.5. The second kappa shape index (κ2) is 7.07. The summed E-state index contributed by atoms with van der Waals surface area (Å²) in [4.78, 5) is 11.7. The molecule has 0 fully saturated rings. The summed E-state index contributed by atoms with van der Waals surface area (Å²) < 4.78 is 15.7. The standard InChI is InChI=1S/C15H19NO4/c1-11(16-15(17)10-19-8-7-18-2)14-9-12-5-3-4-6-13(12)20-14/h3-6,9,11H,7-8,10H2,1-2H3,(H,16,17)/t11-/m0/s1. The van der Waals surface area contributed by atoms with Crippen LogP contribution in [0, 0.1) is 0 Å². The van der Waals surface area contributed by atoms with Crippen molar-refractivity contribution in [2.45, 2.75) is 13.0 Å². The van der Waals surface area contributed by atoms with Crippen LogP contribution in [-0.2, 0) is 14.3 Å². The maximum atomic E-state index is 11.7. The Labute approximate surface area is 117 Å². The molecule has 2 aromatic rings. The van der Waals surface area contributed by atoms with Crippen LogP contribution in [0.25, 0.3) is 11.0 Å². The summed E-state index contributed by atoms with van der Waals surface area (Å²) in [5.74, 6) is 0.561. The fourth-order valence-electron chi connectivity index (χ4n) is 1.88. The Hall–Kier alpha value is -1.85. The number of nitrogens with one attached hydrogen (secondary N) is 1. The highest BCUT2D eigenvalue weighted by Gasteiger charge is 2.13. The number of carbonyl (C=O) groups is 1. The van der Waals surface area contributed by atoms with E-state index in [0.29, 0.717) is 13.2 Å². The van der Waals surface area contributed by atoms with Crippen LogP contribution >= 0.6 is 0 Å². The van der Waals surface area contributed by atoms with Gasteiger partial charge in [0.25, 0.3) is 0 Å². The number of para-hydroxylation sites is 1. The van der Waals surface area contributed by atoms with Crippen LogP contribution in [-0.4, -0.2) is 32.8 Å². The number of carbonyl (C=O) groups excluding carboxylic acids is 1. The topological polar surface area (TPSA) is 60.7 Å². The maximum Gasteiger partial charge on any atom is 0.246 e. The molecule has 108 valence electrons. The predicted molar refractivity (Wildman–Crippen MR) is 75.5 cm³/mol. The van der Waals surface area contributed by atoms with E-state index in [0.717, 1.165) is 16.7 Å². The first-order valence-corrected chi connectivity index (χ1v) is 6.55. The third-order valence-corrected chi connectivity index (χ3v) is 2.91. The summed E-state index contributed by atoms with van der Waals surface area (Å²) in [5, 5.41) is 3.86. The van der Waals surface area contributed by atoms with Gasteiger partial charge in [-0.05, 0) is 19.1 Å². The summed E-state index contributed by atoms with van der Waals surface area (Å²) >= 11 is 0. The number of fused-ring (bicyclic) bond motifs is 1. The van der Waals surface area contributed by atoms with E-state index in [9.17, 15) is 4.79 Å². The van der Waals surface area contributed by atoms with Crippen LogP contribution in [0.4, 0.5) is 0 Å². The van der Waals surface area contributed by atoms with E-state index in [2.05, 4.69) is 5.32 Å². The molecule has 5 nitrogen and oxygen atoms in total. The van der Waals surface area contributed by atoms with Crippen molar-refractivity contribution in [3.63, 3.8) is 0 Å². The number of ether oxygens (including phenoxy) is 2. The van der Waals surface area contributed by atoms with Crippen LogP contribution in [0.1, 0.15) is 18.7 Å². The summed E-state index contributed by atoms with van der Waals surface area (Å²) in [6, 6.07) is 9.50. The highest BCUT2D eigenvalue weighted by molar-refractivity contribution is 5.79. The van der Waals surface area contributed by atoms with Crippen molar-refractivity contribution in [3.05, 3.63) is 36.1 Å². The molecule has 20 heavy (non-hydrogen) atoms. The predicted octanol–water partition coefficient (Wildman–Crippen LogP) is 2.27. The quantitative estimate of drug-likeness (QED) is 0.789. The lowest BCUT2D eigenvalue weighted by Crippen LogP contribution is -2.30. The second-order valence-corrected chi connectivity index (χ2v) is 4.52. The first kappa shape index (κ1) is 14.6. The van der Waals surface area contributed by atoms with E-state index in [1.54, 1.807) is 7.11 Å². The fraction of sp³-hybridized carbons (Fsp3) is 0.400. The molecule has 0 saturated carbocycles. The maximum absolute atomic E-state index is 11.7. The van der Waals surface area contributed by atoms with Gasteiger partial charge in [0.2, 0.25) is 5.91 Å². The summed E-state index contributed by atoms with van der Waals surface area (Å²) in [5.41, 5.74) is 0.819. The number of hydrogen-bond donors (Lipinski definition) is 1. The molecule has 2 rings (SSSR count). The van der Waals surface area contributed by atoms with E-state index < -0.39 is 0 Å². The zero-order chi connectivity index (χ0) is 14.4. The van der Waals surface area contributed by atoms with Gasteiger partial charge in [-0.15, -0.1) is 0 Å².